The Morgan fingerprint density at radius 1 is 1.06 bits per heavy atom. The van der Waals surface area contributed by atoms with Crippen LogP contribution in [0.4, 0.5) is 5.69 Å². The first-order valence-electron chi connectivity index (χ1n) is 15.5. The highest BCUT2D eigenvalue weighted by atomic mass is 35.5. The van der Waals surface area contributed by atoms with Crippen LogP contribution in [0.3, 0.4) is 0 Å². The molecule has 1 aliphatic rings. The van der Waals surface area contributed by atoms with Gasteiger partial charge in [-0.2, -0.15) is 0 Å². The number of aliphatic hydroxyl groups excluding tert-OH is 1. The lowest BCUT2D eigenvalue weighted by atomic mass is 9.92. The Labute approximate surface area is 280 Å². The van der Waals surface area contributed by atoms with E-state index < -0.39 is 35.4 Å². The summed E-state index contributed by atoms with van der Waals surface area (Å²) < 4.78 is 22.9. The Balaban J connectivity index is 1.73. The summed E-state index contributed by atoms with van der Waals surface area (Å²) in [5.74, 6) is -0.302. The van der Waals surface area contributed by atoms with E-state index in [1.54, 1.807) is 66.4 Å². The number of fused-ring (bicyclic) bond motifs is 1. The van der Waals surface area contributed by atoms with Gasteiger partial charge in [0.1, 0.15) is 12.2 Å². The number of aryl methyl sites for hydroxylation is 1. The average Bonchev–Trinajstić information content (AvgIpc) is 3.16. The molecule has 252 valence electrons. The van der Waals surface area contributed by atoms with Crippen molar-refractivity contribution in [2.75, 3.05) is 38.9 Å². The van der Waals surface area contributed by atoms with Crippen LogP contribution < -0.4 is 20.1 Å². The van der Waals surface area contributed by atoms with E-state index in [0.717, 1.165) is 5.56 Å². The predicted molar refractivity (Wildman–Crippen MR) is 179 cm³/mol. The highest BCUT2D eigenvalue weighted by Gasteiger charge is 2.41. The first-order chi connectivity index (χ1) is 22.4. The third-order valence-electron chi connectivity index (χ3n) is 8.10. The topological polar surface area (TPSA) is 138 Å². The number of hydrogen-bond acceptors (Lipinski definition) is 9. The van der Waals surface area contributed by atoms with Crippen molar-refractivity contribution in [2.45, 2.75) is 58.3 Å². The fourth-order valence-electron chi connectivity index (χ4n) is 5.62. The van der Waals surface area contributed by atoms with Crippen LogP contribution in [-0.2, 0) is 30.3 Å². The minimum atomic E-state index is -1.25. The maximum atomic E-state index is 14.4. The van der Waals surface area contributed by atoms with Crippen LogP contribution in [0, 0.1) is 5.41 Å². The minimum Gasteiger partial charge on any atom is -0.493 e. The fourth-order valence-corrected chi connectivity index (χ4v) is 5.80. The second-order valence-electron chi connectivity index (χ2n) is 12.2. The molecule has 4 rings (SSSR count). The molecule has 0 saturated carbocycles. The number of esters is 1. The number of hydrogen-bond donors (Lipinski definition) is 2. The number of halogens is 1. The zero-order valence-electron chi connectivity index (χ0n) is 27.5. The highest BCUT2D eigenvalue weighted by molar-refractivity contribution is 6.30. The quantitative estimate of drug-likeness (QED) is 0.218. The van der Waals surface area contributed by atoms with Crippen molar-refractivity contribution in [1.29, 1.82) is 0 Å². The van der Waals surface area contributed by atoms with Crippen LogP contribution >= 0.6 is 11.6 Å². The van der Waals surface area contributed by atoms with Gasteiger partial charge in [-0.15, -0.1) is 0 Å². The van der Waals surface area contributed by atoms with Crippen LogP contribution in [0.5, 0.6) is 11.5 Å². The van der Waals surface area contributed by atoms with Crippen molar-refractivity contribution >= 4 is 34.9 Å². The molecular formula is C36H43ClN2O8. The summed E-state index contributed by atoms with van der Waals surface area (Å²) >= 11 is 6.51. The Morgan fingerprint density at radius 2 is 1.81 bits per heavy atom. The van der Waals surface area contributed by atoms with Gasteiger partial charge in [0.25, 0.3) is 5.91 Å². The Hall–Kier alpha value is -3.96. The van der Waals surface area contributed by atoms with Gasteiger partial charge >= 0.3 is 5.97 Å². The van der Waals surface area contributed by atoms with E-state index in [4.69, 9.17) is 36.3 Å². The minimum absolute atomic E-state index is 0.140. The molecule has 0 saturated heterocycles. The molecule has 47 heavy (non-hydrogen) atoms. The largest absolute Gasteiger partial charge is 0.493 e. The van der Waals surface area contributed by atoms with Crippen LogP contribution in [0.2, 0.25) is 5.02 Å². The van der Waals surface area contributed by atoms with Crippen molar-refractivity contribution in [3.63, 3.8) is 0 Å². The average molecular weight is 667 g/mol. The summed E-state index contributed by atoms with van der Waals surface area (Å²) in [7, 11) is 3.04. The molecule has 1 unspecified atom stereocenters. The molecule has 3 N–H and O–H groups in total. The second-order valence-corrected chi connectivity index (χ2v) is 12.7. The molecule has 3 aromatic rings. The number of amides is 1. The molecule has 3 aromatic carbocycles. The maximum Gasteiger partial charge on any atom is 0.306 e. The Bertz CT molecular complexity index is 1590. The van der Waals surface area contributed by atoms with Crippen LogP contribution in [0.1, 0.15) is 68.0 Å². The smallest absolute Gasteiger partial charge is 0.306 e. The van der Waals surface area contributed by atoms with Crippen LogP contribution in [0.25, 0.3) is 0 Å². The number of ketones is 1. The lowest BCUT2D eigenvalue weighted by Gasteiger charge is -2.32. The van der Waals surface area contributed by atoms with E-state index in [0.29, 0.717) is 51.9 Å². The molecule has 1 aliphatic heterocycles. The highest BCUT2D eigenvalue weighted by Crippen LogP contribution is 2.45. The van der Waals surface area contributed by atoms with E-state index in [2.05, 4.69) is 0 Å². The van der Waals surface area contributed by atoms with Crippen LogP contribution in [-0.4, -0.2) is 62.8 Å². The SMILES string of the molecule is CCOC(=O)CCc1cccc(C(N)C(=O)C[C@H]2O[C@H](c3cccc(OC)c3OC)c3cc(Cl)ccc3N(CC(C)(C)CO)C2=O)c1. The number of carbonyl (C=O) groups is 3. The third-order valence-corrected chi connectivity index (χ3v) is 8.34. The lowest BCUT2D eigenvalue weighted by Crippen LogP contribution is -2.46. The zero-order valence-corrected chi connectivity index (χ0v) is 28.2. The molecule has 1 amide bonds. The van der Waals surface area contributed by atoms with Gasteiger partial charge in [-0.1, -0.05) is 61.8 Å². The molecule has 0 radical (unpaired) electrons. The number of methoxy groups -OCH3 is 2. The Morgan fingerprint density at radius 3 is 2.49 bits per heavy atom. The standard InChI is InChI=1S/C36H43ClN2O8/c1-6-46-31(42)16-13-22-9-7-10-23(17-22)32(38)28(41)19-30-35(43)39(20-36(2,3)21-40)27-15-14-24(37)18-26(27)33(47-30)25-11-8-12-29(44-4)34(25)45-5/h7-12,14-15,17-18,30,32-33,40H,6,13,16,19-21,38H2,1-5H3/t30-,32?,33-/m1/s1. The lowest BCUT2D eigenvalue weighted by molar-refractivity contribution is -0.143. The zero-order chi connectivity index (χ0) is 34.3. The van der Waals surface area contributed by atoms with Crippen molar-refractivity contribution in [1.82, 2.24) is 0 Å². The van der Waals surface area contributed by atoms with Crippen molar-refractivity contribution in [3.8, 4) is 11.5 Å². The first kappa shape index (κ1) is 35.9. The van der Waals surface area contributed by atoms with E-state index in [1.807, 2.05) is 19.9 Å². The molecule has 0 bridgehead atoms. The number of ether oxygens (including phenoxy) is 4. The summed E-state index contributed by atoms with van der Waals surface area (Å²) in [6.07, 6.45) is -1.83. The number of nitrogens with two attached hydrogens (primary N) is 1. The van der Waals surface area contributed by atoms with Gasteiger partial charge in [0, 0.05) is 53.2 Å². The van der Waals surface area contributed by atoms with Gasteiger partial charge in [-0.25, -0.2) is 0 Å². The van der Waals surface area contributed by atoms with Gasteiger partial charge in [-0.05, 0) is 48.7 Å². The third kappa shape index (κ3) is 8.50. The van der Waals surface area contributed by atoms with Crippen molar-refractivity contribution in [3.05, 3.63) is 87.9 Å². The number of carbonyl (C=O) groups excluding carboxylic acids is 3. The monoisotopic (exact) mass is 666 g/mol. The number of rotatable bonds is 14. The van der Waals surface area contributed by atoms with Gasteiger partial charge in [0.05, 0.1) is 26.9 Å². The molecule has 1 heterocycles. The molecule has 3 atom stereocenters. The molecular weight excluding hydrogens is 624 g/mol. The summed E-state index contributed by atoms with van der Waals surface area (Å²) in [6.45, 7) is 5.70. The summed E-state index contributed by atoms with van der Waals surface area (Å²) in [6, 6.07) is 16.6. The van der Waals surface area contributed by atoms with Gasteiger partial charge in [-0.3, -0.25) is 14.4 Å². The fraction of sp³-hybridized carbons (Fsp3) is 0.417. The van der Waals surface area contributed by atoms with E-state index in [9.17, 15) is 19.5 Å². The number of anilines is 1. The normalized spacial score (nSPS) is 17.0. The number of benzene rings is 3. The van der Waals surface area contributed by atoms with Crippen molar-refractivity contribution in [2.24, 2.45) is 11.1 Å². The van der Waals surface area contributed by atoms with Crippen LogP contribution in [0.15, 0.2) is 60.7 Å². The summed E-state index contributed by atoms with van der Waals surface area (Å²) in [5, 5.41) is 10.6. The summed E-state index contributed by atoms with van der Waals surface area (Å²) in [4.78, 5) is 41.6. The summed E-state index contributed by atoms with van der Waals surface area (Å²) in [5.41, 5.74) is 8.88. The molecule has 0 fully saturated rings. The molecule has 10 nitrogen and oxygen atoms in total. The molecule has 0 aromatic heterocycles. The number of aliphatic hydroxyl groups is 1. The number of para-hydroxylation sites is 1. The van der Waals surface area contributed by atoms with Gasteiger partial charge in [0.15, 0.2) is 17.3 Å². The number of nitrogens with zero attached hydrogens (tertiary/aromatic N) is 1. The van der Waals surface area contributed by atoms with Gasteiger partial charge < -0.3 is 34.7 Å². The van der Waals surface area contributed by atoms with E-state index in [-0.39, 0.29) is 32.0 Å². The number of Topliss-reactive ketones (excluding diaryl/α,β-unsaturated/α-hetero) is 1. The molecule has 0 aliphatic carbocycles. The van der Waals surface area contributed by atoms with E-state index in [1.165, 1.54) is 14.2 Å². The maximum absolute atomic E-state index is 14.4. The predicted octanol–water partition coefficient (Wildman–Crippen LogP) is 5.35. The second kappa shape index (κ2) is 15.8. The molecule has 0 spiro atoms. The molecule has 11 heteroatoms. The van der Waals surface area contributed by atoms with Gasteiger partial charge in [0.2, 0.25) is 0 Å². The Kier molecular flexibility index (Phi) is 12.0. The first-order valence-corrected chi connectivity index (χ1v) is 15.9. The van der Waals surface area contributed by atoms with Crippen molar-refractivity contribution < 1.29 is 38.4 Å². The van der Waals surface area contributed by atoms with E-state index >= 15 is 0 Å².